The number of aromatic nitrogens is 1. The lowest BCUT2D eigenvalue weighted by Crippen LogP contribution is -1.96. The van der Waals surface area contributed by atoms with Crippen LogP contribution >= 0.6 is 11.3 Å². The molecule has 0 saturated carbocycles. The van der Waals surface area contributed by atoms with E-state index in [1.165, 1.54) is 23.6 Å². The largest absolute Gasteiger partial charge is 0.360 e. The molecule has 0 aliphatic rings. The molecule has 0 aliphatic carbocycles. The van der Waals surface area contributed by atoms with Gasteiger partial charge < -0.3 is 5.32 Å². The first-order valence-electron chi connectivity index (χ1n) is 8.23. The zero-order valence-corrected chi connectivity index (χ0v) is 15.9. The molecule has 0 aliphatic heterocycles. The Kier molecular flexibility index (Phi) is 5.47. The summed E-state index contributed by atoms with van der Waals surface area (Å²) in [5.74, 6) is -0.918. The summed E-state index contributed by atoms with van der Waals surface area (Å²) in [6, 6.07) is 11.6. The number of rotatable bonds is 5. The average molecular weight is 394 g/mol. The minimum absolute atomic E-state index is 0.271. The van der Waals surface area contributed by atoms with Crippen LogP contribution in [0.5, 0.6) is 0 Å². The minimum atomic E-state index is -0.918. The van der Waals surface area contributed by atoms with Crippen molar-refractivity contribution in [2.45, 2.75) is 13.8 Å². The fourth-order valence-electron chi connectivity index (χ4n) is 2.66. The van der Waals surface area contributed by atoms with Gasteiger partial charge in [-0.05, 0) is 31.5 Å². The highest BCUT2D eigenvalue weighted by atomic mass is 32.1. The summed E-state index contributed by atoms with van der Waals surface area (Å²) >= 11 is 1.33. The van der Waals surface area contributed by atoms with E-state index in [-0.39, 0.29) is 5.57 Å². The first kappa shape index (κ1) is 19.2. The van der Waals surface area contributed by atoms with E-state index in [4.69, 9.17) is 0 Å². The Bertz CT molecular complexity index is 1130. The third-order valence-corrected chi connectivity index (χ3v) is 4.91. The van der Waals surface area contributed by atoms with E-state index in [0.717, 1.165) is 34.5 Å². The number of hydrogen-bond acceptors (Lipinski definition) is 6. The molecule has 8 heteroatoms. The van der Waals surface area contributed by atoms with Crippen LogP contribution < -0.4 is 5.32 Å². The van der Waals surface area contributed by atoms with Gasteiger partial charge in [0.2, 0.25) is 5.82 Å². The highest BCUT2D eigenvalue weighted by molar-refractivity contribution is 7.11. The topological polar surface area (TPSA) is 91.8 Å². The van der Waals surface area contributed by atoms with Crippen LogP contribution in [0.1, 0.15) is 16.1 Å². The van der Waals surface area contributed by atoms with E-state index in [0.29, 0.717) is 10.7 Å². The molecule has 6 nitrogen and oxygen atoms in total. The summed E-state index contributed by atoms with van der Waals surface area (Å²) in [5.41, 5.74) is 3.95. The smallest absolute Gasteiger partial charge is 0.306 e. The Morgan fingerprint density at radius 2 is 2.11 bits per heavy atom. The van der Waals surface area contributed by atoms with Crippen molar-refractivity contribution in [3.05, 3.63) is 80.0 Å². The van der Waals surface area contributed by atoms with Crippen LogP contribution in [0.2, 0.25) is 0 Å². The fourth-order valence-corrected chi connectivity index (χ4v) is 3.45. The van der Waals surface area contributed by atoms with Gasteiger partial charge in [0, 0.05) is 28.9 Å². The van der Waals surface area contributed by atoms with Crippen LogP contribution in [0.15, 0.2) is 48.0 Å². The van der Waals surface area contributed by atoms with Crippen molar-refractivity contribution in [2.24, 2.45) is 0 Å². The fraction of sp³-hybridized carbons (Fsp3) is 0.100. The zero-order chi connectivity index (χ0) is 20.3. The standard InChI is InChI=1S/C20H15FN4O2S/c1-12-3-5-16(13(2)7-12)18-11-28-20(24-18)14(9-22)10-23-15-4-6-17(21)19(8-15)25(26)27/h3-8,10-11,23H,1-2H3. The van der Waals surface area contributed by atoms with Gasteiger partial charge in [-0.1, -0.05) is 23.8 Å². The van der Waals surface area contributed by atoms with Crippen molar-refractivity contribution in [1.82, 2.24) is 4.98 Å². The molecule has 0 saturated heterocycles. The summed E-state index contributed by atoms with van der Waals surface area (Å²) < 4.78 is 13.4. The summed E-state index contributed by atoms with van der Waals surface area (Å²) in [4.78, 5) is 14.6. The summed E-state index contributed by atoms with van der Waals surface area (Å²) in [5, 5.41) is 25.5. The van der Waals surface area contributed by atoms with E-state index < -0.39 is 16.4 Å². The molecule has 3 aromatic rings. The number of thiazole rings is 1. The molecule has 0 fully saturated rings. The van der Waals surface area contributed by atoms with Gasteiger partial charge in [-0.3, -0.25) is 10.1 Å². The number of nitrogens with zero attached hydrogens (tertiary/aromatic N) is 3. The lowest BCUT2D eigenvalue weighted by molar-refractivity contribution is -0.387. The van der Waals surface area contributed by atoms with E-state index in [9.17, 15) is 19.8 Å². The first-order valence-corrected chi connectivity index (χ1v) is 9.11. The molecular weight excluding hydrogens is 379 g/mol. The van der Waals surface area contributed by atoms with Crippen LogP contribution in [-0.2, 0) is 0 Å². The lowest BCUT2D eigenvalue weighted by atomic mass is 10.0. The molecule has 0 spiro atoms. The van der Waals surface area contributed by atoms with Gasteiger partial charge in [0.15, 0.2) is 0 Å². The van der Waals surface area contributed by atoms with Crippen molar-refractivity contribution >= 4 is 28.3 Å². The predicted molar refractivity (Wildman–Crippen MR) is 107 cm³/mol. The van der Waals surface area contributed by atoms with Gasteiger partial charge in [0.25, 0.3) is 0 Å². The van der Waals surface area contributed by atoms with Crippen LogP contribution in [0.4, 0.5) is 15.8 Å². The maximum atomic E-state index is 13.4. The second kappa shape index (κ2) is 7.98. The molecule has 0 radical (unpaired) electrons. The van der Waals surface area contributed by atoms with Gasteiger partial charge in [-0.2, -0.15) is 9.65 Å². The van der Waals surface area contributed by atoms with Gasteiger partial charge in [0.1, 0.15) is 16.6 Å². The van der Waals surface area contributed by atoms with Crippen molar-refractivity contribution in [3.8, 4) is 17.3 Å². The maximum absolute atomic E-state index is 13.4. The first-order chi connectivity index (χ1) is 13.4. The Balaban J connectivity index is 1.86. The van der Waals surface area contributed by atoms with E-state index in [1.54, 1.807) is 0 Å². The average Bonchev–Trinajstić information content (AvgIpc) is 3.13. The Morgan fingerprint density at radius 3 is 2.79 bits per heavy atom. The Morgan fingerprint density at radius 1 is 1.32 bits per heavy atom. The van der Waals surface area contributed by atoms with E-state index >= 15 is 0 Å². The van der Waals surface area contributed by atoms with E-state index in [2.05, 4.69) is 22.4 Å². The molecule has 0 amide bonds. The normalized spacial score (nSPS) is 11.1. The predicted octanol–water partition coefficient (Wildman–Crippen LogP) is 5.45. The Labute approximate surface area is 164 Å². The number of anilines is 1. The number of halogens is 1. The summed E-state index contributed by atoms with van der Waals surface area (Å²) in [6.07, 6.45) is 1.40. The van der Waals surface area contributed by atoms with Crippen molar-refractivity contribution in [2.75, 3.05) is 5.32 Å². The molecule has 2 aromatic carbocycles. The monoisotopic (exact) mass is 394 g/mol. The number of nitro benzene ring substituents is 1. The molecule has 3 rings (SSSR count). The third-order valence-electron chi connectivity index (χ3n) is 4.04. The van der Waals surface area contributed by atoms with Crippen LogP contribution in [0.3, 0.4) is 0 Å². The van der Waals surface area contributed by atoms with Crippen LogP contribution in [0.25, 0.3) is 16.8 Å². The van der Waals surface area contributed by atoms with Gasteiger partial charge >= 0.3 is 5.69 Å². The second-order valence-corrected chi connectivity index (χ2v) is 6.95. The molecule has 0 bridgehead atoms. The molecule has 0 unspecified atom stereocenters. The van der Waals surface area contributed by atoms with Crippen molar-refractivity contribution < 1.29 is 9.31 Å². The zero-order valence-electron chi connectivity index (χ0n) is 15.1. The quantitative estimate of drug-likeness (QED) is 0.353. The van der Waals surface area contributed by atoms with Gasteiger partial charge in [0.05, 0.1) is 10.6 Å². The van der Waals surface area contributed by atoms with Crippen LogP contribution in [0, 0.1) is 41.1 Å². The minimum Gasteiger partial charge on any atom is -0.360 e. The number of allylic oxidation sites excluding steroid dienone is 1. The highest BCUT2D eigenvalue weighted by Crippen LogP contribution is 2.29. The SMILES string of the molecule is Cc1ccc(-c2csc(C(C#N)=CNc3ccc(F)c([N+](=O)[O-])c3)n2)c(C)c1. The lowest BCUT2D eigenvalue weighted by Gasteiger charge is -2.04. The molecule has 28 heavy (non-hydrogen) atoms. The summed E-state index contributed by atoms with van der Waals surface area (Å²) in [7, 11) is 0. The van der Waals surface area contributed by atoms with Gasteiger partial charge in [-0.15, -0.1) is 11.3 Å². The highest BCUT2D eigenvalue weighted by Gasteiger charge is 2.15. The molecule has 1 N–H and O–H groups in total. The number of nitrogens with one attached hydrogen (secondary N) is 1. The number of benzene rings is 2. The van der Waals surface area contributed by atoms with Crippen molar-refractivity contribution in [1.29, 1.82) is 5.26 Å². The number of nitro groups is 1. The van der Waals surface area contributed by atoms with E-state index in [1.807, 2.05) is 31.4 Å². The van der Waals surface area contributed by atoms with Gasteiger partial charge in [-0.25, -0.2) is 4.98 Å². The number of hydrogen-bond donors (Lipinski definition) is 1. The Hall–Kier alpha value is -3.57. The molecule has 1 heterocycles. The number of aryl methyl sites for hydroxylation is 2. The second-order valence-electron chi connectivity index (χ2n) is 6.09. The number of nitriles is 1. The van der Waals surface area contributed by atoms with Crippen LogP contribution in [-0.4, -0.2) is 9.91 Å². The summed E-state index contributed by atoms with van der Waals surface area (Å²) in [6.45, 7) is 4.02. The molecular formula is C20H15FN4O2S. The van der Waals surface area contributed by atoms with Crippen molar-refractivity contribution in [3.63, 3.8) is 0 Å². The third kappa shape index (κ3) is 4.05. The molecule has 1 aromatic heterocycles. The molecule has 0 atom stereocenters. The molecule has 140 valence electrons. The maximum Gasteiger partial charge on any atom is 0.306 e.